The quantitative estimate of drug-likeness (QED) is 0.0362. The fourth-order valence-corrected chi connectivity index (χ4v) is 8.91. The van der Waals surface area contributed by atoms with Gasteiger partial charge in [-0.25, -0.2) is 0 Å². The van der Waals surface area contributed by atoms with Gasteiger partial charge in [0.25, 0.3) is 0 Å². The minimum absolute atomic E-state index is 0.372. The van der Waals surface area contributed by atoms with Crippen LogP contribution in [0, 0.1) is 0 Å². The highest BCUT2D eigenvalue weighted by molar-refractivity contribution is 5.80. The molecule has 0 rings (SSSR count). The Kier molecular flexibility index (Phi) is 51.5. The lowest BCUT2D eigenvalue weighted by atomic mass is 10.0. The van der Waals surface area contributed by atoms with Gasteiger partial charge in [0.1, 0.15) is 6.10 Å². The first-order chi connectivity index (χ1) is 30.6. The Morgan fingerprint density at radius 3 is 0.984 bits per heavy atom. The Labute approximate surface area is 388 Å². The number of amides is 1. The van der Waals surface area contributed by atoms with E-state index in [-0.39, 0.29) is 6.61 Å². The molecule has 0 aromatic heterocycles. The van der Waals surface area contributed by atoms with Crippen LogP contribution in [-0.2, 0) is 4.79 Å². The number of aliphatic hydroxyl groups excluding tert-OH is 3. The highest BCUT2D eigenvalue weighted by Gasteiger charge is 2.22. The number of unbranched alkanes of at least 4 members (excludes halogenated alkanes) is 42. The van der Waals surface area contributed by atoms with Crippen molar-refractivity contribution in [2.45, 2.75) is 327 Å². The zero-order valence-electron chi connectivity index (χ0n) is 42.0. The largest absolute Gasteiger partial charge is 0.394 e. The summed E-state index contributed by atoms with van der Waals surface area (Å²) in [5.41, 5.74) is 0. The molecule has 0 fully saturated rings. The first-order valence-electron chi connectivity index (χ1n) is 28.2. The Bertz CT molecular complexity index is 920. The predicted molar refractivity (Wildman–Crippen MR) is 273 cm³/mol. The van der Waals surface area contributed by atoms with Gasteiger partial charge in [0.05, 0.1) is 18.8 Å². The first-order valence-corrected chi connectivity index (χ1v) is 28.2. The lowest BCUT2D eigenvalue weighted by Crippen LogP contribution is -2.48. The zero-order valence-corrected chi connectivity index (χ0v) is 42.0. The van der Waals surface area contributed by atoms with Gasteiger partial charge in [-0.1, -0.05) is 301 Å². The average molecular weight is 875 g/mol. The lowest BCUT2D eigenvalue weighted by Gasteiger charge is -2.21. The van der Waals surface area contributed by atoms with Crippen molar-refractivity contribution in [2.24, 2.45) is 0 Å². The van der Waals surface area contributed by atoms with E-state index in [4.69, 9.17) is 0 Å². The van der Waals surface area contributed by atoms with E-state index >= 15 is 0 Å². The molecular formula is C57H111NO4. The van der Waals surface area contributed by atoms with Crippen molar-refractivity contribution in [3.8, 4) is 0 Å². The fraction of sp³-hybridized carbons (Fsp3) is 0.912. The summed E-state index contributed by atoms with van der Waals surface area (Å²) in [5, 5.41) is 33.3. The molecule has 0 bridgehead atoms. The van der Waals surface area contributed by atoms with Crippen LogP contribution in [0.5, 0.6) is 0 Å². The third-order valence-electron chi connectivity index (χ3n) is 13.3. The third kappa shape index (κ3) is 46.8. The normalized spacial score (nSPS) is 13.4. The summed E-state index contributed by atoms with van der Waals surface area (Å²) in [6.07, 6.45) is 66.9. The molecule has 0 saturated heterocycles. The van der Waals surface area contributed by atoms with Crippen LogP contribution in [0.25, 0.3) is 0 Å². The van der Waals surface area contributed by atoms with Gasteiger partial charge in [-0.15, -0.1) is 0 Å². The predicted octanol–water partition coefficient (Wildman–Crippen LogP) is 17.3. The summed E-state index contributed by atoms with van der Waals surface area (Å²) in [7, 11) is 0. The molecule has 0 saturated carbocycles. The number of nitrogens with one attached hydrogen (secondary N) is 1. The van der Waals surface area contributed by atoms with Gasteiger partial charge in [0.15, 0.2) is 0 Å². The molecule has 62 heavy (non-hydrogen) atoms. The van der Waals surface area contributed by atoms with Gasteiger partial charge in [-0.3, -0.25) is 4.79 Å². The molecule has 0 aliphatic carbocycles. The summed E-state index contributed by atoms with van der Waals surface area (Å²) < 4.78 is 0. The topological polar surface area (TPSA) is 89.8 Å². The minimum Gasteiger partial charge on any atom is -0.394 e. The molecular weight excluding hydrogens is 763 g/mol. The number of carbonyl (C=O) groups is 1. The van der Waals surface area contributed by atoms with Crippen molar-refractivity contribution >= 4 is 5.91 Å². The number of allylic oxidation sites excluding steroid dienone is 3. The molecule has 3 atom stereocenters. The first kappa shape index (κ1) is 60.8. The van der Waals surface area contributed by atoms with Gasteiger partial charge in [-0.2, -0.15) is 0 Å². The van der Waals surface area contributed by atoms with E-state index in [0.717, 1.165) is 38.5 Å². The molecule has 0 aliphatic rings. The minimum atomic E-state index is -1.10. The van der Waals surface area contributed by atoms with E-state index in [1.807, 2.05) is 6.08 Å². The van der Waals surface area contributed by atoms with Crippen LogP contribution in [0.4, 0.5) is 0 Å². The maximum Gasteiger partial charge on any atom is 0.249 e. The molecule has 0 radical (unpaired) electrons. The second-order valence-electron chi connectivity index (χ2n) is 19.5. The zero-order chi connectivity index (χ0) is 45.1. The number of hydrogen-bond donors (Lipinski definition) is 4. The summed E-state index contributed by atoms with van der Waals surface area (Å²) in [6, 6.07) is -0.812. The summed E-state index contributed by atoms with van der Waals surface area (Å²) in [5.74, 6) is -0.506. The van der Waals surface area contributed by atoms with Crippen LogP contribution in [0.15, 0.2) is 24.3 Å². The Balaban J connectivity index is 3.58. The number of hydrogen-bond acceptors (Lipinski definition) is 4. The van der Waals surface area contributed by atoms with E-state index in [2.05, 4.69) is 31.3 Å². The van der Waals surface area contributed by atoms with Gasteiger partial charge < -0.3 is 20.6 Å². The molecule has 0 heterocycles. The number of rotatable bonds is 52. The van der Waals surface area contributed by atoms with Crippen LogP contribution in [0.3, 0.4) is 0 Å². The smallest absolute Gasteiger partial charge is 0.249 e. The SMILES string of the molecule is CCCCCCCCCCCCCCCCCCCC/C=C/CC/C=C/C(O)C(CO)NC(=O)C(O)CCCCCCCCCCCCCCCCCCCCCCCCCC. The Morgan fingerprint density at radius 1 is 0.387 bits per heavy atom. The monoisotopic (exact) mass is 874 g/mol. The van der Waals surface area contributed by atoms with E-state index in [9.17, 15) is 20.1 Å². The van der Waals surface area contributed by atoms with Crippen molar-refractivity contribution in [3.05, 3.63) is 24.3 Å². The van der Waals surface area contributed by atoms with E-state index < -0.39 is 24.2 Å². The highest BCUT2D eigenvalue weighted by Crippen LogP contribution is 2.18. The van der Waals surface area contributed by atoms with Crippen LogP contribution in [-0.4, -0.2) is 46.1 Å². The van der Waals surface area contributed by atoms with Gasteiger partial charge in [0.2, 0.25) is 5.91 Å². The van der Waals surface area contributed by atoms with Crippen molar-refractivity contribution in [2.75, 3.05) is 6.61 Å². The van der Waals surface area contributed by atoms with Gasteiger partial charge >= 0.3 is 0 Å². The molecule has 0 aliphatic heterocycles. The third-order valence-corrected chi connectivity index (χ3v) is 13.3. The fourth-order valence-electron chi connectivity index (χ4n) is 8.91. The van der Waals surface area contributed by atoms with Gasteiger partial charge in [0, 0.05) is 0 Å². The molecule has 5 heteroatoms. The van der Waals surface area contributed by atoms with Gasteiger partial charge in [-0.05, 0) is 32.1 Å². The average Bonchev–Trinajstić information content (AvgIpc) is 3.28. The molecule has 4 N–H and O–H groups in total. The standard InChI is InChI=1S/C57H111NO4/c1-3-5-7-9-11-13-15-17-19-21-23-25-27-29-31-33-35-37-39-41-43-45-47-49-51-55(60)54(53-59)58-57(62)56(61)52-50-48-46-44-42-40-38-36-34-32-30-28-26-24-22-20-18-16-14-12-10-8-6-4-2/h41,43,49,51,54-56,59-61H,3-40,42,44-48,50,52-53H2,1-2H3,(H,58,62)/b43-41+,51-49+. The molecule has 0 spiro atoms. The maximum atomic E-state index is 12.5. The van der Waals surface area contributed by atoms with Crippen LogP contribution < -0.4 is 5.32 Å². The molecule has 368 valence electrons. The molecule has 3 unspecified atom stereocenters. The molecule has 1 amide bonds. The van der Waals surface area contributed by atoms with Crippen molar-refractivity contribution in [3.63, 3.8) is 0 Å². The van der Waals surface area contributed by atoms with E-state index in [1.165, 1.54) is 250 Å². The lowest BCUT2D eigenvalue weighted by molar-refractivity contribution is -0.131. The summed E-state index contributed by atoms with van der Waals surface area (Å²) >= 11 is 0. The van der Waals surface area contributed by atoms with Crippen molar-refractivity contribution in [1.82, 2.24) is 5.32 Å². The van der Waals surface area contributed by atoms with Crippen molar-refractivity contribution in [1.29, 1.82) is 0 Å². The Hall–Kier alpha value is -1.17. The van der Waals surface area contributed by atoms with Crippen molar-refractivity contribution < 1.29 is 20.1 Å². The Morgan fingerprint density at radius 2 is 0.661 bits per heavy atom. The van der Waals surface area contributed by atoms with Crippen LogP contribution in [0.2, 0.25) is 0 Å². The number of carbonyl (C=O) groups excluding carboxylic acids is 1. The molecule has 0 aromatic rings. The summed E-state index contributed by atoms with van der Waals surface area (Å²) in [4.78, 5) is 12.5. The second kappa shape index (κ2) is 52.5. The van der Waals surface area contributed by atoms with E-state index in [1.54, 1.807) is 6.08 Å². The number of aliphatic hydroxyl groups is 3. The van der Waals surface area contributed by atoms with E-state index in [0.29, 0.717) is 6.42 Å². The molecule has 5 nitrogen and oxygen atoms in total. The van der Waals surface area contributed by atoms with Crippen LogP contribution >= 0.6 is 0 Å². The summed E-state index contributed by atoms with van der Waals surface area (Å²) in [6.45, 7) is 4.21. The second-order valence-corrected chi connectivity index (χ2v) is 19.5. The highest BCUT2D eigenvalue weighted by atomic mass is 16.3. The maximum absolute atomic E-state index is 12.5. The molecule has 0 aromatic carbocycles. The van der Waals surface area contributed by atoms with Crippen LogP contribution in [0.1, 0.15) is 309 Å².